The summed E-state index contributed by atoms with van der Waals surface area (Å²) < 4.78 is 2.67. The Balaban J connectivity index is 2.57. The third-order valence-electron chi connectivity index (χ3n) is 2.08. The third-order valence-corrected chi connectivity index (χ3v) is 2.49. The maximum Gasteiger partial charge on any atom is 0.159 e. The molecule has 0 aliphatic carbocycles. The van der Waals surface area contributed by atoms with Crippen LogP contribution in [0.25, 0.3) is 5.82 Å². The Morgan fingerprint density at radius 1 is 1.29 bits per heavy atom. The van der Waals surface area contributed by atoms with Crippen molar-refractivity contribution in [3.63, 3.8) is 0 Å². The van der Waals surface area contributed by atoms with E-state index in [0.717, 1.165) is 21.5 Å². The van der Waals surface area contributed by atoms with Gasteiger partial charge in [-0.1, -0.05) is 0 Å². The van der Waals surface area contributed by atoms with Gasteiger partial charge in [-0.25, -0.2) is 14.6 Å². The number of aryl methyl sites for hydroxylation is 1. The lowest BCUT2D eigenvalue weighted by molar-refractivity contribution is 0.822. The monoisotopic (exact) mass is 252 g/mol. The minimum absolute atomic E-state index is 0.822. The molecule has 0 spiro atoms. The first-order valence-electron chi connectivity index (χ1n) is 4.17. The molecule has 0 unspecified atom stereocenters. The highest BCUT2D eigenvalue weighted by atomic mass is 79.9. The highest BCUT2D eigenvalue weighted by molar-refractivity contribution is 9.10. The van der Waals surface area contributed by atoms with E-state index in [0.29, 0.717) is 0 Å². The van der Waals surface area contributed by atoms with Crippen LogP contribution in [0.2, 0.25) is 0 Å². The summed E-state index contributed by atoms with van der Waals surface area (Å²) >= 11 is 3.35. The Bertz CT molecular complexity index is 464. The Hall–Kier alpha value is -1.23. The normalized spacial score (nSPS) is 10.5. The van der Waals surface area contributed by atoms with Crippen LogP contribution < -0.4 is 0 Å². The molecule has 0 fully saturated rings. The topological polar surface area (TPSA) is 43.6 Å². The molecular formula is C9H9BrN4. The Morgan fingerprint density at radius 3 is 2.71 bits per heavy atom. The van der Waals surface area contributed by atoms with Crippen LogP contribution in [0.4, 0.5) is 0 Å². The molecule has 2 aromatic rings. The van der Waals surface area contributed by atoms with Crippen molar-refractivity contribution < 1.29 is 0 Å². The molecule has 0 aliphatic rings. The standard InChI is InChI=1S/C9H9BrN4/c1-6-7(2)11-5-12-9(6)14-4-8(10)3-13-14/h3-5H,1-2H3. The minimum atomic E-state index is 0.822. The molecule has 5 heteroatoms. The van der Waals surface area contributed by atoms with Crippen LogP contribution >= 0.6 is 15.9 Å². The van der Waals surface area contributed by atoms with Crippen molar-refractivity contribution in [2.45, 2.75) is 13.8 Å². The fraction of sp³-hybridized carbons (Fsp3) is 0.222. The van der Waals surface area contributed by atoms with Crippen LogP contribution in [-0.2, 0) is 0 Å². The van der Waals surface area contributed by atoms with Gasteiger partial charge in [-0.3, -0.25) is 0 Å². The van der Waals surface area contributed by atoms with Crippen LogP contribution in [0.15, 0.2) is 23.2 Å². The quantitative estimate of drug-likeness (QED) is 0.781. The van der Waals surface area contributed by atoms with E-state index in [2.05, 4.69) is 31.0 Å². The maximum atomic E-state index is 4.19. The van der Waals surface area contributed by atoms with Crippen molar-refractivity contribution in [3.8, 4) is 5.82 Å². The van der Waals surface area contributed by atoms with Gasteiger partial charge < -0.3 is 0 Å². The third kappa shape index (κ3) is 1.55. The number of aromatic nitrogens is 4. The number of halogens is 1. The van der Waals surface area contributed by atoms with E-state index in [1.165, 1.54) is 0 Å². The molecular weight excluding hydrogens is 244 g/mol. The largest absolute Gasteiger partial charge is 0.241 e. The molecule has 0 N–H and O–H groups in total. The van der Waals surface area contributed by atoms with Gasteiger partial charge in [0.2, 0.25) is 0 Å². The van der Waals surface area contributed by atoms with Crippen LogP contribution in [-0.4, -0.2) is 19.7 Å². The van der Waals surface area contributed by atoms with E-state index in [9.17, 15) is 0 Å². The number of hydrogen-bond donors (Lipinski definition) is 0. The molecule has 0 amide bonds. The average Bonchev–Trinajstić information content (AvgIpc) is 2.57. The molecule has 0 aromatic carbocycles. The fourth-order valence-corrected chi connectivity index (χ4v) is 1.46. The molecule has 2 aromatic heterocycles. The van der Waals surface area contributed by atoms with Gasteiger partial charge in [0.05, 0.1) is 10.7 Å². The number of hydrogen-bond acceptors (Lipinski definition) is 3. The van der Waals surface area contributed by atoms with Crippen molar-refractivity contribution in [3.05, 3.63) is 34.5 Å². The summed E-state index contributed by atoms with van der Waals surface area (Å²) in [6.07, 6.45) is 5.15. The van der Waals surface area contributed by atoms with Crippen LogP contribution in [0, 0.1) is 13.8 Å². The van der Waals surface area contributed by atoms with Crippen molar-refractivity contribution in [1.29, 1.82) is 0 Å². The molecule has 0 atom stereocenters. The predicted octanol–water partition coefficient (Wildman–Crippen LogP) is 2.04. The lowest BCUT2D eigenvalue weighted by Crippen LogP contribution is -2.03. The zero-order valence-electron chi connectivity index (χ0n) is 7.90. The van der Waals surface area contributed by atoms with Gasteiger partial charge in [-0.05, 0) is 29.8 Å². The smallest absolute Gasteiger partial charge is 0.159 e. The van der Waals surface area contributed by atoms with E-state index in [-0.39, 0.29) is 0 Å². The van der Waals surface area contributed by atoms with Gasteiger partial charge in [0.1, 0.15) is 6.33 Å². The maximum absolute atomic E-state index is 4.19. The molecule has 2 heterocycles. The zero-order valence-corrected chi connectivity index (χ0v) is 9.48. The Labute approximate surface area is 90.1 Å². The van der Waals surface area contributed by atoms with Gasteiger partial charge in [-0.2, -0.15) is 5.10 Å². The highest BCUT2D eigenvalue weighted by Gasteiger charge is 2.06. The number of rotatable bonds is 1. The summed E-state index contributed by atoms with van der Waals surface area (Å²) in [6.45, 7) is 3.94. The Kier molecular flexibility index (Phi) is 2.33. The minimum Gasteiger partial charge on any atom is -0.241 e. The van der Waals surface area contributed by atoms with Crippen molar-refractivity contribution in [2.24, 2.45) is 0 Å². The lowest BCUT2D eigenvalue weighted by Gasteiger charge is -2.05. The van der Waals surface area contributed by atoms with E-state index >= 15 is 0 Å². The van der Waals surface area contributed by atoms with Crippen molar-refractivity contribution >= 4 is 15.9 Å². The summed E-state index contributed by atoms with van der Waals surface area (Å²) in [5.41, 5.74) is 2.02. The second-order valence-electron chi connectivity index (χ2n) is 3.01. The summed E-state index contributed by atoms with van der Waals surface area (Å²) in [4.78, 5) is 8.30. The molecule has 14 heavy (non-hydrogen) atoms. The summed E-state index contributed by atoms with van der Waals surface area (Å²) in [5, 5.41) is 4.17. The molecule has 0 saturated carbocycles. The first kappa shape index (κ1) is 9.33. The first-order valence-corrected chi connectivity index (χ1v) is 4.96. The molecule has 4 nitrogen and oxygen atoms in total. The Morgan fingerprint density at radius 2 is 2.07 bits per heavy atom. The summed E-state index contributed by atoms with van der Waals surface area (Å²) in [6, 6.07) is 0. The zero-order chi connectivity index (χ0) is 10.1. The molecule has 0 bridgehead atoms. The summed E-state index contributed by atoms with van der Waals surface area (Å²) in [5.74, 6) is 0.822. The first-order chi connectivity index (χ1) is 6.68. The molecule has 0 radical (unpaired) electrons. The van der Waals surface area contributed by atoms with E-state index in [1.807, 2.05) is 20.0 Å². The molecule has 0 saturated heterocycles. The lowest BCUT2D eigenvalue weighted by atomic mass is 10.2. The van der Waals surface area contributed by atoms with Crippen molar-refractivity contribution in [1.82, 2.24) is 19.7 Å². The second-order valence-corrected chi connectivity index (χ2v) is 3.93. The van der Waals surface area contributed by atoms with Gasteiger partial charge in [0.15, 0.2) is 5.82 Å². The predicted molar refractivity (Wildman–Crippen MR) is 56.3 cm³/mol. The van der Waals surface area contributed by atoms with E-state index < -0.39 is 0 Å². The highest BCUT2D eigenvalue weighted by Crippen LogP contribution is 2.14. The van der Waals surface area contributed by atoms with Gasteiger partial charge in [0.25, 0.3) is 0 Å². The average molecular weight is 253 g/mol. The van der Waals surface area contributed by atoms with Crippen LogP contribution in [0.1, 0.15) is 11.3 Å². The van der Waals surface area contributed by atoms with Crippen molar-refractivity contribution in [2.75, 3.05) is 0 Å². The van der Waals surface area contributed by atoms with Gasteiger partial charge >= 0.3 is 0 Å². The fourth-order valence-electron chi connectivity index (χ4n) is 1.17. The molecule has 2 rings (SSSR count). The van der Waals surface area contributed by atoms with E-state index in [4.69, 9.17) is 0 Å². The van der Waals surface area contributed by atoms with Crippen LogP contribution in [0.3, 0.4) is 0 Å². The molecule has 72 valence electrons. The molecule has 0 aliphatic heterocycles. The SMILES string of the molecule is Cc1ncnc(-n2cc(Br)cn2)c1C. The second kappa shape index (κ2) is 3.49. The number of nitrogens with zero attached hydrogens (tertiary/aromatic N) is 4. The van der Waals surface area contributed by atoms with Gasteiger partial charge in [0, 0.05) is 17.5 Å². The van der Waals surface area contributed by atoms with Gasteiger partial charge in [-0.15, -0.1) is 0 Å². The van der Waals surface area contributed by atoms with E-state index in [1.54, 1.807) is 17.2 Å². The van der Waals surface area contributed by atoms with Crippen LogP contribution in [0.5, 0.6) is 0 Å². The summed E-state index contributed by atoms with van der Waals surface area (Å²) in [7, 11) is 0.